The van der Waals surface area contributed by atoms with Gasteiger partial charge in [0.1, 0.15) is 0 Å². The summed E-state index contributed by atoms with van der Waals surface area (Å²) in [5.41, 5.74) is 9.94. The van der Waals surface area contributed by atoms with Gasteiger partial charge in [0.15, 0.2) is 0 Å². The van der Waals surface area contributed by atoms with Crippen molar-refractivity contribution in [2.45, 2.75) is 26.7 Å². The molecule has 1 heterocycles. The summed E-state index contributed by atoms with van der Waals surface area (Å²) in [6, 6.07) is 26.6. The Morgan fingerprint density at radius 3 is 2.15 bits per heavy atom. The van der Waals surface area contributed by atoms with E-state index in [9.17, 15) is 0 Å². The number of benzene rings is 3. The number of hydrogen-bond acceptors (Lipinski definition) is 1. The number of hydrogen-bond donors (Lipinski definition) is 0. The summed E-state index contributed by atoms with van der Waals surface area (Å²) in [5, 5.41) is 0. The second-order valence-electron chi connectivity index (χ2n) is 6.99. The van der Waals surface area contributed by atoms with Crippen LogP contribution < -0.4 is 0 Å². The molecule has 0 saturated heterocycles. The van der Waals surface area contributed by atoms with Gasteiger partial charge >= 0.3 is 0 Å². The van der Waals surface area contributed by atoms with Crippen LogP contribution in [-0.4, -0.2) is 5.71 Å². The maximum Gasteiger partial charge on any atom is 0.0201 e. The average molecular weight is 529 g/mol. The fourth-order valence-corrected chi connectivity index (χ4v) is 4.02. The van der Waals surface area contributed by atoms with Gasteiger partial charge in [-0.3, -0.25) is 0 Å². The largest absolute Gasteiger partial charge is 0.308 e. The normalized spacial score (nSPS) is 15.7. The molecule has 1 aliphatic rings. The molecule has 27 heavy (non-hydrogen) atoms. The Kier molecular flexibility index (Phi) is 5.89. The van der Waals surface area contributed by atoms with Crippen molar-refractivity contribution in [3.05, 3.63) is 112 Å². The van der Waals surface area contributed by atoms with Gasteiger partial charge < -0.3 is 4.99 Å². The number of aliphatic imine (C=N–C) groups is 1. The summed E-state index contributed by atoms with van der Waals surface area (Å²) in [4.78, 5) is 4.85. The van der Waals surface area contributed by atoms with Gasteiger partial charge in [-0.15, -0.1) is 35.9 Å². The minimum atomic E-state index is 0. The van der Waals surface area contributed by atoms with Gasteiger partial charge in [0.05, 0.1) is 0 Å². The molecule has 1 nitrogen and oxygen atoms in total. The Morgan fingerprint density at radius 2 is 1.52 bits per heavy atom. The SMILES string of the molecule is Cc1cc(C)c(C2C(c3ccccc3)=CN=C2c2[c-]cccc2)c(C)c1.[Ir]. The first-order valence-electron chi connectivity index (χ1n) is 9.03. The van der Waals surface area contributed by atoms with E-state index in [-0.39, 0.29) is 26.0 Å². The van der Waals surface area contributed by atoms with Crippen molar-refractivity contribution in [2.75, 3.05) is 0 Å². The van der Waals surface area contributed by atoms with Gasteiger partial charge in [-0.1, -0.05) is 48.0 Å². The number of rotatable bonds is 3. The number of aryl methyl sites for hydroxylation is 3. The topological polar surface area (TPSA) is 12.4 Å². The third-order valence-electron chi connectivity index (χ3n) is 5.05. The van der Waals surface area contributed by atoms with E-state index in [1.54, 1.807) is 0 Å². The van der Waals surface area contributed by atoms with E-state index in [1.807, 2.05) is 18.3 Å². The maximum absolute atomic E-state index is 4.85. The van der Waals surface area contributed by atoms with Gasteiger partial charge in [0, 0.05) is 32.2 Å². The van der Waals surface area contributed by atoms with Gasteiger partial charge in [-0.25, -0.2) is 0 Å². The van der Waals surface area contributed by atoms with Crippen molar-refractivity contribution in [1.82, 2.24) is 0 Å². The first-order valence-corrected chi connectivity index (χ1v) is 9.03. The zero-order valence-electron chi connectivity index (χ0n) is 15.8. The molecule has 1 aliphatic heterocycles. The first kappa shape index (κ1) is 19.5. The maximum atomic E-state index is 4.85. The second-order valence-corrected chi connectivity index (χ2v) is 6.99. The molecule has 0 spiro atoms. The van der Waals surface area contributed by atoms with Crippen molar-refractivity contribution in [2.24, 2.45) is 4.99 Å². The van der Waals surface area contributed by atoms with Crippen LogP contribution in [0.15, 0.2) is 77.9 Å². The van der Waals surface area contributed by atoms with Crippen LogP contribution in [0.5, 0.6) is 0 Å². The summed E-state index contributed by atoms with van der Waals surface area (Å²) in [6.45, 7) is 6.58. The van der Waals surface area contributed by atoms with E-state index >= 15 is 0 Å². The van der Waals surface area contributed by atoms with E-state index in [1.165, 1.54) is 33.4 Å². The van der Waals surface area contributed by atoms with Crippen molar-refractivity contribution >= 4 is 11.3 Å². The Morgan fingerprint density at radius 1 is 0.852 bits per heavy atom. The average Bonchev–Trinajstić information content (AvgIpc) is 3.07. The number of allylic oxidation sites excluding steroid dienone is 1. The summed E-state index contributed by atoms with van der Waals surface area (Å²) in [6.07, 6.45) is 2.04. The van der Waals surface area contributed by atoms with Crippen LogP contribution in [-0.2, 0) is 20.1 Å². The molecule has 1 atom stereocenters. The molecule has 0 aromatic heterocycles. The van der Waals surface area contributed by atoms with E-state index in [0.29, 0.717) is 0 Å². The van der Waals surface area contributed by atoms with E-state index in [4.69, 9.17) is 4.99 Å². The quantitative estimate of drug-likeness (QED) is 0.368. The van der Waals surface area contributed by atoms with Crippen molar-refractivity contribution in [3.63, 3.8) is 0 Å². The van der Waals surface area contributed by atoms with Crippen LogP contribution in [0.3, 0.4) is 0 Å². The smallest absolute Gasteiger partial charge is 0.0201 e. The van der Waals surface area contributed by atoms with Crippen LogP contribution in [0.25, 0.3) is 5.57 Å². The fourth-order valence-electron chi connectivity index (χ4n) is 4.02. The second kappa shape index (κ2) is 8.17. The molecule has 0 N–H and O–H groups in total. The van der Waals surface area contributed by atoms with Crippen molar-refractivity contribution < 1.29 is 20.1 Å². The Labute approximate surface area is 175 Å². The Balaban J connectivity index is 0.00000210. The summed E-state index contributed by atoms with van der Waals surface area (Å²) in [5.74, 6) is 0.136. The van der Waals surface area contributed by atoms with E-state index in [2.05, 4.69) is 81.4 Å². The van der Waals surface area contributed by atoms with Gasteiger partial charge in [-0.2, -0.15) is 0 Å². The molecule has 0 saturated carbocycles. The molecule has 0 amide bonds. The van der Waals surface area contributed by atoms with Crippen LogP contribution >= 0.6 is 0 Å². The van der Waals surface area contributed by atoms with E-state index < -0.39 is 0 Å². The minimum absolute atomic E-state index is 0. The molecular weight excluding hydrogens is 506 g/mol. The first-order chi connectivity index (χ1) is 12.6. The molecule has 1 radical (unpaired) electrons. The number of nitrogens with zero attached hydrogens (tertiary/aromatic N) is 1. The van der Waals surface area contributed by atoms with Gasteiger partial charge in [-0.05, 0) is 54.3 Å². The molecule has 3 aromatic rings. The Hall–Kier alpha value is -2.28. The molecular formula is C25H22IrN-. The molecule has 3 aromatic carbocycles. The predicted octanol–water partition coefficient (Wildman–Crippen LogP) is 6.04. The van der Waals surface area contributed by atoms with Crippen LogP contribution in [0.1, 0.15) is 39.3 Å². The molecule has 2 heteroatoms. The van der Waals surface area contributed by atoms with Crippen molar-refractivity contribution in [3.8, 4) is 0 Å². The Bertz CT molecular complexity index is 923. The molecule has 137 valence electrons. The standard InChI is InChI=1S/C25H22N.Ir/c1-17-14-18(2)23(19(3)15-17)24-22(20-10-6-4-7-11-20)16-26-25(24)21-12-8-5-9-13-21;/h4-12,14-16,24H,1-3H3;/q-1;. The minimum Gasteiger partial charge on any atom is -0.308 e. The van der Waals surface area contributed by atoms with Gasteiger partial charge in [0.25, 0.3) is 0 Å². The monoisotopic (exact) mass is 529 g/mol. The predicted molar refractivity (Wildman–Crippen MR) is 110 cm³/mol. The van der Waals surface area contributed by atoms with Crippen LogP contribution in [0.2, 0.25) is 0 Å². The third kappa shape index (κ3) is 3.74. The van der Waals surface area contributed by atoms with Crippen molar-refractivity contribution in [1.29, 1.82) is 0 Å². The zero-order chi connectivity index (χ0) is 18.1. The molecule has 4 rings (SSSR count). The molecule has 0 bridgehead atoms. The van der Waals surface area contributed by atoms with Gasteiger partial charge in [0.2, 0.25) is 0 Å². The molecule has 0 aliphatic carbocycles. The zero-order valence-corrected chi connectivity index (χ0v) is 18.2. The van der Waals surface area contributed by atoms with Crippen LogP contribution in [0.4, 0.5) is 0 Å². The third-order valence-corrected chi connectivity index (χ3v) is 5.05. The summed E-state index contributed by atoms with van der Waals surface area (Å²) in [7, 11) is 0. The molecule has 1 unspecified atom stereocenters. The summed E-state index contributed by atoms with van der Waals surface area (Å²) < 4.78 is 0. The fraction of sp³-hybridized carbons (Fsp3) is 0.160. The molecule has 0 fully saturated rings. The van der Waals surface area contributed by atoms with Crippen LogP contribution in [0, 0.1) is 26.8 Å². The van der Waals surface area contributed by atoms with E-state index in [0.717, 1.165) is 11.3 Å². The summed E-state index contributed by atoms with van der Waals surface area (Å²) >= 11 is 0.